The van der Waals surface area contributed by atoms with Crippen LogP contribution in [0.15, 0.2) is 61.1 Å². The molecule has 0 aliphatic rings. The molecule has 2 heterocycles. The lowest BCUT2D eigenvalue weighted by Crippen LogP contribution is -2.16. The van der Waals surface area contributed by atoms with Crippen molar-refractivity contribution in [1.29, 1.82) is 0 Å². The summed E-state index contributed by atoms with van der Waals surface area (Å²) in [6.45, 7) is 0.376. The zero-order valence-electron chi connectivity index (χ0n) is 16.0. The Morgan fingerprint density at radius 3 is 2.69 bits per heavy atom. The van der Waals surface area contributed by atoms with E-state index >= 15 is 4.39 Å². The highest BCUT2D eigenvalue weighted by Crippen LogP contribution is 2.31. The van der Waals surface area contributed by atoms with Gasteiger partial charge in [0.15, 0.2) is 5.82 Å². The van der Waals surface area contributed by atoms with E-state index in [0.29, 0.717) is 11.1 Å². The fourth-order valence-electron chi connectivity index (χ4n) is 3.07. The van der Waals surface area contributed by atoms with Gasteiger partial charge in [-0.1, -0.05) is 42.5 Å². The Balaban J connectivity index is 2.05. The number of hydrogen-bond donors (Lipinski definition) is 2. The van der Waals surface area contributed by atoms with Crippen molar-refractivity contribution < 1.29 is 12.8 Å². The fraction of sp³-hybridized carbons (Fsp3) is 0.190. The van der Waals surface area contributed by atoms with Crippen molar-refractivity contribution in [2.75, 3.05) is 12.8 Å². The van der Waals surface area contributed by atoms with E-state index in [1.165, 1.54) is 12.3 Å². The van der Waals surface area contributed by atoms with Crippen LogP contribution in [0.3, 0.4) is 0 Å². The number of nitrogens with one attached hydrogen (secondary N) is 1. The van der Waals surface area contributed by atoms with Crippen LogP contribution in [0.5, 0.6) is 0 Å². The molecule has 152 valence electrons. The van der Waals surface area contributed by atoms with Crippen LogP contribution in [0, 0.1) is 5.82 Å². The predicted octanol–water partition coefficient (Wildman–Crippen LogP) is 2.76. The van der Waals surface area contributed by atoms with Gasteiger partial charge >= 0.3 is 0 Å². The molecule has 8 heteroatoms. The van der Waals surface area contributed by atoms with Crippen molar-refractivity contribution >= 4 is 16.1 Å². The van der Waals surface area contributed by atoms with Crippen molar-refractivity contribution in [2.45, 2.75) is 13.1 Å². The van der Waals surface area contributed by atoms with Crippen LogP contribution in [-0.2, 0) is 23.1 Å². The highest BCUT2D eigenvalue weighted by atomic mass is 32.2. The summed E-state index contributed by atoms with van der Waals surface area (Å²) in [5.74, 6) is -0.854. The summed E-state index contributed by atoms with van der Waals surface area (Å²) in [6.07, 6.45) is 7.81. The van der Waals surface area contributed by atoms with Gasteiger partial charge in [0, 0.05) is 42.8 Å². The number of hydrogen-bond acceptors (Lipinski definition) is 5. The summed E-state index contributed by atoms with van der Waals surface area (Å²) in [7, 11) is -2.18. The Labute approximate surface area is 170 Å². The van der Waals surface area contributed by atoms with E-state index in [2.05, 4.69) is 10.3 Å². The largest absolute Gasteiger partial charge is 0.326 e. The third-order valence-corrected chi connectivity index (χ3v) is 5.95. The third kappa shape index (κ3) is 4.61. The Morgan fingerprint density at radius 2 is 2.00 bits per heavy atom. The molecule has 0 saturated heterocycles. The van der Waals surface area contributed by atoms with Crippen LogP contribution in [0.1, 0.15) is 16.7 Å². The number of halogens is 1. The quantitative estimate of drug-likeness (QED) is 0.592. The summed E-state index contributed by atoms with van der Waals surface area (Å²) >= 11 is 0. The van der Waals surface area contributed by atoms with Crippen LogP contribution < -0.4 is 11.1 Å². The summed E-state index contributed by atoms with van der Waals surface area (Å²) in [4.78, 5) is 3.99. The maximum absolute atomic E-state index is 15.2. The van der Waals surface area contributed by atoms with E-state index in [-0.39, 0.29) is 30.1 Å². The number of nitrogens with zero attached hydrogens (tertiary/aromatic N) is 2. The second-order valence-corrected chi connectivity index (χ2v) is 8.36. The molecule has 0 radical (unpaired) electrons. The molecule has 29 heavy (non-hydrogen) atoms. The molecule has 0 aliphatic carbocycles. The Kier molecular flexibility index (Phi) is 6.58. The lowest BCUT2D eigenvalue weighted by molar-refractivity contribution is 0.588. The molecule has 6 nitrogen and oxygen atoms in total. The fourth-order valence-corrected chi connectivity index (χ4v) is 4.32. The monoisotopic (exact) mass is 414 g/mol. The lowest BCUT2D eigenvalue weighted by Gasteiger charge is -2.12. The number of nitrogens with two attached hydrogens (primary N) is 1. The second-order valence-electron chi connectivity index (χ2n) is 6.47. The van der Waals surface area contributed by atoms with Crippen molar-refractivity contribution in [3.63, 3.8) is 0 Å². The minimum atomic E-state index is -3.85. The van der Waals surface area contributed by atoms with Crippen LogP contribution in [0.25, 0.3) is 17.3 Å². The number of rotatable bonds is 8. The second kappa shape index (κ2) is 9.13. The van der Waals surface area contributed by atoms with Gasteiger partial charge in [-0.3, -0.25) is 4.98 Å². The Bertz CT molecular complexity index is 1110. The van der Waals surface area contributed by atoms with Gasteiger partial charge in [0.1, 0.15) is 5.69 Å². The first-order valence-electron chi connectivity index (χ1n) is 9.10. The normalized spacial score (nSPS) is 12.0. The maximum Gasteiger partial charge on any atom is 0.242 e. The number of benzene rings is 1. The highest BCUT2D eigenvalue weighted by Gasteiger charge is 2.25. The van der Waals surface area contributed by atoms with E-state index in [1.807, 2.05) is 6.07 Å². The molecular formula is C21H23FN4O2S. The first-order valence-corrected chi connectivity index (χ1v) is 10.7. The SMILES string of the molecule is CNCc1cn(S(=O)(=O)CC=Cc2cccnc2)c(-c2ccccc2CN)c1F. The summed E-state index contributed by atoms with van der Waals surface area (Å²) in [6, 6.07) is 10.6. The molecule has 0 amide bonds. The third-order valence-electron chi connectivity index (χ3n) is 4.44. The Hall–Kier alpha value is -2.81. The Morgan fingerprint density at radius 1 is 1.21 bits per heavy atom. The van der Waals surface area contributed by atoms with Crippen LogP contribution in [0.4, 0.5) is 4.39 Å². The van der Waals surface area contributed by atoms with Gasteiger partial charge in [0.25, 0.3) is 0 Å². The average molecular weight is 415 g/mol. The summed E-state index contributed by atoms with van der Waals surface area (Å²) in [5, 5.41) is 2.87. The molecule has 0 fully saturated rings. The van der Waals surface area contributed by atoms with Crippen LogP contribution in [0.2, 0.25) is 0 Å². The molecule has 3 rings (SSSR count). The van der Waals surface area contributed by atoms with Crippen molar-refractivity contribution in [1.82, 2.24) is 14.3 Å². The van der Waals surface area contributed by atoms with E-state index in [1.54, 1.807) is 55.8 Å². The molecule has 0 spiro atoms. The average Bonchev–Trinajstić information content (AvgIpc) is 3.06. The standard InChI is InChI=1S/C21H23FN4O2S/c1-24-14-18-15-26(21(20(18)22)19-9-3-2-8-17(19)12-23)29(27,28)11-5-7-16-6-4-10-25-13-16/h2-10,13,15,24H,11-12,14,23H2,1H3. The zero-order valence-corrected chi connectivity index (χ0v) is 16.9. The maximum atomic E-state index is 15.2. The molecule has 0 unspecified atom stereocenters. The van der Waals surface area contributed by atoms with Gasteiger partial charge in [-0.15, -0.1) is 0 Å². The summed E-state index contributed by atoms with van der Waals surface area (Å²) in [5.41, 5.74) is 7.99. The van der Waals surface area contributed by atoms with Gasteiger partial charge in [-0.2, -0.15) is 0 Å². The molecule has 3 N–H and O–H groups in total. The van der Waals surface area contributed by atoms with E-state index < -0.39 is 15.8 Å². The van der Waals surface area contributed by atoms with Gasteiger partial charge in [0.2, 0.25) is 10.0 Å². The van der Waals surface area contributed by atoms with Crippen LogP contribution >= 0.6 is 0 Å². The first-order chi connectivity index (χ1) is 14.0. The lowest BCUT2D eigenvalue weighted by atomic mass is 10.0. The van der Waals surface area contributed by atoms with E-state index in [0.717, 1.165) is 9.54 Å². The first kappa shape index (κ1) is 20.9. The van der Waals surface area contributed by atoms with Gasteiger partial charge in [-0.05, 0) is 24.2 Å². The van der Waals surface area contributed by atoms with Gasteiger partial charge < -0.3 is 11.1 Å². The molecule has 0 aliphatic heterocycles. The molecule has 0 bridgehead atoms. The number of pyridine rings is 1. The van der Waals surface area contributed by atoms with Crippen molar-refractivity contribution in [3.05, 3.63) is 83.6 Å². The number of aromatic nitrogens is 2. The van der Waals surface area contributed by atoms with E-state index in [9.17, 15) is 8.42 Å². The summed E-state index contributed by atoms with van der Waals surface area (Å²) < 4.78 is 42.4. The smallest absolute Gasteiger partial charge is 0.242 e. The minimum Gasteiger partial charge on any atom is -0.326 e. The van der Waals surface area contributed by atoms with Gasteiger partial charge in [0.05, 0.1) is 5.75 Å². The van der Waals surface area contributed by atoms with E-state index in [4.69, 9.17) is 5.73 Å². The zero-order chi connectivity index (χ0) is 20.9. The molecule has 0 atom stereocenters. The molecule has 1 aromatic carbocycles. The molecule has 3 aromatic rings. The van der Waals surface area contributed by atoms with Crippen molar-refractivity contribution in [3.8, 4) is 11.3 Å². The highest BCUT2D eigenvalue weighted by molar-refractivity contribution is 7.90. The van der Waals surface area contributed by atoms with Crippen molar-refractivity contribution in [2.24, 2.45) is 5.73 Å². The topological polar surface area (TPSA) is 90.0 Å². The van der Waals surface area contributed by atoms with Crippen LogP contribution in [-0.4, -0.2) is 30.2 Å². The predicted molar refractivity (Wildman–Crippen MR) is 113 cm³/mol. The van der Waals surface area contributed by atoms with Gasteiger partial charge in [-0.25, -0.2) is 16.8 Å². The molecule has 0 saturated carbocycles. The molecule has 2 aromatic heterocycles. The molecular weight excluding hydrogens is 391 g/mol. The minimum absolute atomic E-state index is 0.00563.